The van der Waals surface area contributed by atoms with E-state index in [0.717, 1.165) is 32.1 Å². The first-order valence-corrected chi connectivity index (χ1v) is 12.5. The summed E-state index contributed by atoms with van der Waals surface area (Å²) in [6.45, 7) is 2.24. The second-order valence-corrected chi connectivity index (χ2v) is 9.01. The summed E-state index contributed by atoms with van der Waals surface area (Å²) in [5.74, 6) is -1.66. The van der Waals surface area contributed by atoms with Crippen molar-refractivity contribution in [2.75, 3.05) is 0 Å². The molecule has 0 aliphatic rings. The first kappa shape index (κ1) is 26.2. The number of halogens is 1. The number of fused-ring (bicyclic) bond motifs is 1. The Hall–Kier alpha value is -2.07. The third-order valence-corrected chi connectivity index (χ3v) is 6.15. The number of hydrogen-bond donors (Lipinski definition) is 1. The molecule has 1 heterocycles. The smallest absolute Gasteiger partial charge is 0.336 e. The molecule has 1 atom stereocenters. The topological polar surface area (TPSA) is 67.5 Å². The van der Waals surface area contributed by atoms with Gasteiger partial charge in [0.1, 0.15) is 5.58 Å². The van der Waals surface area contributed by atoms with E-state index in [-0.39, 0.29) is 0 Å². The molecule has 32 heavy (non-hydrogen) atoms. The van der Waals surface area contributed by atoms with Crippen LogP contribution in [-0.4, -0.2) is 11.1 Å². The molecule has 4 nitrogen and oxygen atoms in total. The molecule has 0 amide bonds. The molecule has 0 saturated heterocycles. The van der Waals surface area contributed by atoms with Gasteiger partial charge in [0.15, 0.2) is 0 Å². The lowest BCUT2D eigenvalue weighted by Gasteiger charge is -2.14. The number of hydrogen-bond acceptors (Lipinski definition) is 3. The van der Waals surface area contributed by atoms with Gasteiger partial charge in [-0.25, -0.2) is 4.79 Å². The second-order valence-electron chi connectivity index (χ2n) is 8.57. The van der Waals surface area contributed by atoms with Crippen molar-refractivity contribution in [2.24, 2.45) is 0 Å². The highest BCUT2D eigenvalue weighted by atomic mass is 35.5. The Balaban J connectivity index is 1.72. The Bertz CT molecular complexity index is 916. The SMILES string of the molecule is CCCCCCCC/C=C\CCCCCCC(C(=O)O)c1cc(=O)oc2ccc(Cl)cc12. The van der Waals surface area contributed by atoms with Gasteiger partial charge in [-0.2, -0.15) is 0 Å². The molecular formula is C27H37ClO4. The first-order valence-electron chi connectivity index (χ1n) is 12.1. The van der Waals surface area contributed by atoms with Crippen molar-refractivity contribution >= 4 is 28.5 Å². The molecule has 0 aliphatic carbocycles. The Kier molecular flexibility index (Phi) is 12.2. The van der Waals surface area contributed by atoms with Gasteiger partial charge in [-0.05, 0) is 55.9 Å². The van der Waals surface area contributed by atoms with Gasteiger partial charge in [-0.1, -0.05) is 82.0 Å². The molecular weight excluding hydrogens is 424 g/mol. The maximum absolute atomic E-state index is 11.9. The fourth-order valence-electron chi connectivity index (χ4n) is 4.10. The van der Waals surface area contributed by atoms with Gasteiger partial charge >= 0.3 is 11.6 Å². The van der Waals surface area contributed by atoms with Crippen molar-refractivity contribution in [1.29, 1.82) is 0 Å². The summed E-state index contributed by atoms with van der Waals surface area (Å²) in [6, 6.07) is 6.21. The molecule has 1 unspecified atom stereocenters. The molecule has 1 aromatic heterocycles. The number of carbonyl (C=O) groups is 1. The van der Waals surface area contributed by atoms with Gasteiger partial charge in [0, 0.05) is 16.5 Å². The van der Waals surface area contributed by atoms with Crippen molar-refractivity contribution in [3.63, 3.8) is 0 Å². The zero-order chi connectivity index (χ0) is 23.2. The summed E-state index contributed by atoms with van der Waals surface area (Å²) in [6.07, 6.45) is 19.3. The zero-order valence-electron chi connectivity index (χ0n) is 19.3. The largest absolute Gasteiger partial charge is 0.481 e. The maximum atomic E-state index is 11.9. The van der Waals surface area contributed by atoms with Crippen molar-refractivity contribution < 1.29 is 14.3 Å². The fourth-order valence-corrected chi connectivity index (χ4v) is 4.27. The van der Waals surface area contributed by atoms with E-state index in [2.05, 4.69) is 19.1 Å². The van der Waals surface area contributed by atoms with E-state index >= 15 is 0 Å². The average molecular weight is 461 g/mol. The van der Waals surface area contributed by atoms with Crippen LogP contribution in [0.15, 0.2) is 45.6 Å². The van der Waals surface area contributed by atoms with E-state index in [1.54, 1.807) is 18.2 Å². The van der Waals surface area contributed by atoms with Gasteiger partial charge in [0.2, 0.25) is 0 Å². The zero-order valence-corrected chi connectivity index (χ0v) is 20.0. The molecule has 0 spiro atoms. The molecule has 176 valence electrons. The number of aliphatic carboxylic acids is 1. The summed E-state index contributed by atoms with van der Waals surface area (Å²) in [5, 5.41) is 10.9. The van der Waals surface area contributed by atoms with Crippen LogP contribution >= 0.6 is 11.6 Å². The highest BCUT2D eigenvalue weighted by Crippen LogP contribution is 2.30. The van der Waals surface area contributed by atoms with Crippen molar-refractivity contribution in [2.45, 2.75) is 96.3 Å². The molecule has 0 bridgehead atoms. The summed E-state index contributed by atoms with van der Waals surface area (Å²) in [4.78, 5) is 23.8. The minimum Gasteiger partial charge on any atom is -0.481 e. The van der Waals surface area contributed by atoms with Crippen LogP contribution in [0.5, 0.6) is 0 Å². The number of carboxylic acid groups (broad SMARTS) is 1. The molecule has 2 aromatic rings. The highest BCUT2D eigenvalue weighted by molar-refractivity contribution is 6.31. The van der Waals surface area contributed by atoms with E-state index < -0.39 is 17.5 Å². The standard InChI is InChI=1S/C27H37ClO4/c1-2-3-4-5-6-7-8-9-10-11-12-13-14-15-16-22(27(30)31)23-20-26(29)32-25-18-17-21(28)19-24(23)25/h9-10,17-20,22H,2-8,11-16H2,1H3,(H,30,31)/b10-9-. The predicted octanol–water partition coefficient (Wildman–Crippen LogP) is 8.26. The van der Waals surface area contributed by atoms with Crippen LogP contribution in [0.3, 0.4) is 0 Å². The van der Waals surface area contributed by atoms with Gasteiger partial charge < -0.3 is 9.52 Å². The van der Waals surface area contributed by atoms with Crippen molar-refractivity contribution in [1.82, 2.24) is 0 Å². The Morgan fingerprint density at radius 1 is 0.969 bits per heavy atom. The predicted molar refractivity (Wildman–Crippen MR) is 133 cm³/mol. The van der Waals surface area contributed by atoms with Crippen LogP contribution in [0.25, 0.3) is 11.0 Å². The summed E-state index contributed by atoms with van der Waals surface area (Å²) in [7, 11) is 0. The lowest BCUT2D eigenvalue weighted by Crippen LogP contribution is -2.14. The lowest BCUT2D eigenvalue weighted by atomic mass is 9.91. The van der Waals surface area contributed by atoms with E-state index in [9.17, 15) is 14.7 Å². The third kappa shape index (κ3) is 9.20. The molecule has 5 heteroatoms. The van der Waals surface area contributed by atoms with Crippen LogP contribution in [0, 0.1) is 0 Å². The minimum atomic E-state index is -0.922. The van der Waals surface area contributed by atoms with Crippen LogP contribution in [0.4, 0.5) is 0 Å². The number of rotatable bonds is 16. The van der Waals surface area contributed by atoms with E-state index in [0.29, 0.717) is 28.0 Å². The maximum Gasteiger partial charge on any atom is 0.336 e. The van der Waals surface area contributed by atoms with Crippen molar-refractivity contribution in [3.8, 4) is 0 Å². The van der Waals surface area contributed by atoms with Crippen LogP contribution in [0.1, 0.15) is 102 Å². The molecule has 1 N–H and O–H groups in total. The third-order valence-electron chi connectivity index (χ3n) is 5.91. The molecule has 0 saturated carbocycles. The Labute approximate surface area is 196 Å². The monoisotopic (exact) mass is 460 g/mol. The second kappa shape index (κ2) is 14.9. The van der Waals surface area contributed by atoms with E-state index in [1.165, 1.54) is 51.0 Å². The number of carboxylic acids is 1. The van der Waals surface area contributed by atoms with E-state index in [4.69, 9.17) is 16.0 Å². The van der Waals surface area contributed by atoms with Gasteiger partial charge in [-0.15, -0.1) is 0 Å². The van der Waals surface area contributed by atoms with Crippen LogP contribution < -0.4 is 5.63 Å². The molecule has 1 aromatic carbocycles. The number of unbranched alkanes of at least 4 members (excludes halogenated alkanes) is 10. The number of benzene rings is 1. The minimum absolute atomic E-state index is 0.371. The van der Waals surface area contributed by atoms with Crippen LogP contribution in [0.2, 0.25) is 5.02 Å². The Morgan fingerprint density at radius 3 is 2.25 bits per heavy atom. The normalized spacial score (nSPS) is 12.6. The van der Waals surface area contributed by atoms with Gasteiger partial charge in [0.05, 0.1) is 5.92 Å². The van der Waals surface area contributed by atoms with Crippen LogP contribution in [-0.2, 0) is 4.79 Å². The Morgan fingerprint density at radius 2 is 1.59 bits per heavy atom. The summed E-state index contributed by atoms with van der Waals surface area (Å²) < 4.78 is 5.20. The summed E-state index contributed by atoms with van der Waals surface area (Å²) >= 11 is 6.08. The van der Waals surface area contributed by atoms with Crippen molar-refractivity contribution in [3.05, 3.63) is 57.4 Å². The lowest BCUT2D eigenvalue weighted by molar-refractivity contribution is -0.139. The quantitative estimate of drug-likeness (QED) is 0.155. The molecule has 0 radical (unpaired) electrons. The molecule has 0 fully saturated rings. The first-order chi connectivity index (χ1) is 15.5. The van der Waals surface area contributed by atoms with Gasteiger partial charge in [-0.3, -0.25) is 4.79 Å². The average Bonchev–Trinajstić information content (AvgIpc) is 2.76. The number of allylic oxidation sites excluding steroid dienone is 2. The highest BCUT2D eigenvalue weighted by Gasteiger charge is 2.23. The summed E-state index contributed by atoms with van der Waals surface area (Å²) in [5.41, 5.74) is 0.327. The van der Waals surface area contributed by atoms with E-state index in [1.807, 2.05) is 0 Å². The fraction of sp³-hybridized carbons (Fsp3) is 0.556. The van der Waals surface area contributed by atoms with Gasteiger partial charge in [0.25, 0.3) is 0 Å². The molecule has 0 aliphatic heterocycles. The molecule has 2 rings (SSSR count).